The molecule has 0 fully saturated rings. The van der Waals surface area contributed by atoms with E-state index in [2.05, 4.69) is 10.5 Å². The minimum Gasteiger partial charge on any atom is -0.448 e. The van der Waals surface area contributed by atoms with Gasteiger partial charge in [0, 0.05) is 13.1 Å². The Bertz CT molecular complexity index is 1080. The van der Waals surface area contributed by atoms with Crippen molar-refractivity contribution in [2.75, 3.05) is 5.32 Å². The number of nitrogens with one attached hydrogen (secondary N) is 1. The summed E-state index contributed by atoms with van der Waals surface area (Å²) in [4.78, 5) is 37.3. The fraction of sp³-hybridized carbons (Fsp3) is 0.263. The maximum atomic E-state index is 12.8. The van der Waals surface area contributed by atoms with Crippen LogP contribution in [-0.2, 0) is 16.6 Å². The van der Waals surface area contributed by atoms with E-state index in [-0.39, 0.29) is 16.9 Å². The van der Waals surface area contributed by atoms with Gasteiger partial charge in [0.05, 0.1) is 11.4 Å². The van der Waals surface area contributed by atoms with Gasteiger partial charge < -0.3 is 14.6 Å². The van der Waals surface area contributed by atoms with Gasteiger partial charge >= 0.3 is 5.97 Å². The van der Waals surface area contributed by atoms with Crippen molar-refractivity contribution in [1.82, 2.24) is 14.5 Å². The van der Waals surface area contributed by atoms with Gasteiger partial charge in [-0.3, -0.25) is 14.3 Å². The highest BCUT2D eigenvalue weighted by molar-refractivity contribution is 5.97. The molecule has 9 heteroatoms. The van der Waals surface area contributed by atoms with Crippen LogP contribution in [0.25, 0.3) is 5.69 Å². The van der Waals surface area contributed by atoms with E-state index in [1.165, 1.54) is 17.7 Å². The lowest BCUT2D eigenvalue weighted by molar-refractivity contribution is -0.123. The summed E-state index contributed by atoms with van der Waals surface area (Å²) in [6, 6.07) is 10.5. The first-order chi connectivity index (χ1) is 13.3. The van der Waals surface area contributed by atoms with Crippen molar-refractivity contribution in [3.8, 4) is 5.69 Å². The summed E-state index contributed by atoms with van der Waals surface area (Å²) in [7, 11) is 1.72. The molecule has 146 valence electrons. The smallest absolute Gasteiger partial charge is 0.361 e. The van der Waals surface area contributed by atoms with Crippen molar-refractivity contribution in [1.29, 1.82) is 0 Å². The molecule has 2 aromatic heterocycles. The van der Waals surface area contributed by atoms with Crippen LogP contribution in [0, 0.1) is 13.8 Å². The van der Waals surface area contributed by atoms with Gasteiger partial charge in [-0.15, -0.1) is 0 Å². The normalized spacial score (nSPS) is 11.9. The number of nitrogens with zero attached hydrogens (tertiary/aromatic N) is 3. The van der Waals surface area contributed by atoms with E-state index in [0.29, 0.717) is 17.1 Å². The van der Waals surface area contributed by atoms with E-state index in [0.717, 1.165) is 0 Å². The first kappa shape index (κ1) is 19.2. The number of aromatic nitrogens is 3. The molecule has 0 spiro atoms. The molecule has 0 aliphatic carbocycles. The molecule has 1 atom stereocenters. The number of benzene rings is 1. The van der Waals surface area contributed by atoms with Crippen molar-refractivity contribution in [2.45, 2.75) is 26.9 Å². The van der Waals surface area contributed by atoms with Crippen LogP contribution in [0.3, 0.4) is 0 Å². The van der Waals surface area contributed by atoms with Crippen LogP contribution in [0.5, 0.6) is 0 Å². The van der Waals surface area contributed by atoms with Gasteiger partial charge in [-0.1, -0.05) is 23.4 Å². The summed E-state index contributed by atoms with van der Waals surface area (Å²) in [5.74, 6) is -0.962. The number of aryl methyl sites for hydroxylation is 1. The summed E-state index contributed by atoms with van der Waals surface area (Å²) < 4.78 is 13.0. The highest BCUT2D eigenvalue weighted by Gasteiger charge is 2.24. The molecule has 0 unspecified atom stereocenters. The average Bonchev–Trinajstić information content (AvgIpc) is 3.20. The Kier molecular flexibility index (Phi) is 5.16. The van der Waals surface area contributed by atoms with Crippen molar-refractivity contribution >= 4 is 17.6 Å². The number of amides is 1. The maximum absolute atomic E-state index is 12.8. The van der Waals surface area contributed by atoms with Crippen molar-refractivity contribution in [3.63, 3.8) is 0 Å². The predicted octanol–water partition coefficient (Wildman–Crippen LogP) is 1.96. The molecule has 0 radical (unpaired) electrons. The summed E-state index contributed by atoms with van der Waals surface area (Å²) in [6.07, 6.45) is -1.13. The number of para-hydroxylation sites is 1. The maximum Gasteiger partial charge on any atom is 0.361 e. The second-order valence-corrected chi connectivity index (χ2v) is 6.30. The molecule has 3 aromatic rings. The Morgan fingerprint density at radius 3 is 2.50 bits per heavy atom. The third-order valence-corrected chi connectivity index (χ3v) is 4.29. The van der Waals surface area contributed by atoms with Gasteiger partial charge in [-0.05, 0) is 32.9 Å². The SMILES string of the molecule is Cc1cc(C(=O)O[C@@H](C)C(=O)Nc2c(C)n(C)n(-c3ccccc3)c2=O)no1. The molecule has 0 saturated carbocycles. The number of esters is 1. The van der Waals surface area contributed by atoms with E-state index < -0.39 is 18.0 Å². The first-order valence-electron chi connectivity index (χ1n) is 8.58. The van der Waals surface area contributed by atoms with Crippen LogP contribution >= 0.6 is 0 Å². The molecule has 1 aromatic carbocycles. The molecule has 1 N–H and O–H groups in total. The van der Waals surface area contributed by atoms with E-state index in [4.69, 9.17) is 9.26 Å². The molecule has 2 heterocycles. The quantitative estimate of drug-likeness (QED) is 0.674. The first-order valence-corrected chi connectivity index (χ1v) is 8.58. The molecule has 0 aliphatic rings. The second-order valence-electron chi connectivity index (χ2n) is 6.30. The summed E-state index contributed by atoms with van der Waals surface area (Å²) >= 11 is 0. The van der Waals surface area contributed by atoms with Crippen LogP contribution in [-0.4, -0.2) is 32.5 Å². The van der Waals surface area contributed by atoms with Gasteiger partial charge in [-0.2, -0.15) is 0 Å². The molecule has 0 saturated heterocycles. The summed E-state index contributed by atoms with van der Waals surface area (Å²) in [6.45, 7) is 4.76. The molecule has 28 heavy (non-hydrogen) atoms. The zero-order valence-corrected chi connectivity index (χ0v) is 15.9. The Hall–Kier alpha value is -3.62. The van der Waals surface area contributed by atoms with Gasteiger partial charge in [0.25, 0.3) is 11.5 Å². The van der Waals surface area contributed by atoms with Gasteiger partial charge in [0.2, 0.25) is 0 Å². The molecular weight excluding hydrogens is 364 g/mol. The van der Waals surface area contributed by atoms with E-state index in [1.54, 1.807) is 37.7 Å². The molecule has 0 aliphatic heterocycles. The number of hydrogen-bond acceptors (Lipinski definition) is 6. The number of carbonyl (C=O) groups is 2. The topological polar surface area (TPSA) is 108 Å². The van der Waals surface area contributed by atoms with E-state index in [1.807, 2.05) is 18.2 Å². The highest BCUT2D eigenvalue weighted by atomic mass is 16.6. The Labute approximate surface area is 160 Å². The monoisotopic (exact) mass is 384 g/mol. The van der Waals surface area contributed by atoms with Crippen molar-refractivity contribution in [3.05, 3.63) is 63.9 Å². The van der Waals surface area contributed by atoms with Gasteiger partial charge in [0.1, 0.15) is 11.4 Å². The number of hydrogen-bond donors (Lipinski definition) is 1. The van der Waals surface area contributed by atoms with Gasteiger partial charge in [0.15, 0.2) is 11.8 Å². The van der Waals surface area contributed by atoms with Crippen molar-refractivity contribution < 1.29 is 18.8 Å². The zero-order chi connectivity index (χ0) is 20.4. The second kappa shape index (κ2) is 7.55. The Morgan fingerprint density at radius 1 is 1.21 bits per heavy atom. The minimum absolute atomic E-state index is 0.0283. The van der Waals surface area contributed by atoms with Crippen LogP contribution in [0.4, 0.5) is 5.69 Å². The summed E-state index contributed by atoms with van der Waals surface area (Å²) in [5.41, 5.74) is 0.938. The Balaban J connectivity index is 1.79. The largest absolute Gasteiger partial charge is 0.448 e. The minimum atomic E-state index is -1.13. The van der Waals surface area contributed by atoms with Gasteiger partial charge in [-0.25, -0.2) is 9.48 Å². The average molecular weight is 384 g/mol. The van der Waals surface area contributed by atoms with E-state index in [9.17, 15) is 14.4 Å². The molecule has 9 nitrogen and oxygen atoms in total. The zero-order valence-electron chi connectivity index (χ0n) is 15.9. The third kappa shape index (κ3) is 3.59. The summed E-state index contributed by atoms with van der Waals surface area (Å²) in [5, 5.41) is 6.11. The van der Waals surface area contributed by atoms with Crippen LogP contribution < -0.4 is 10.9 Å². The lowest BCUT2D eigenvalue weighted by Gasteiger charge is -2.11. The standard InChI is InChI=1S/C19H20N4O5/c1-11-10-15(21-28-11)19(26)27-13(3)17(24)20-16-12(2)22(4)23(18(16)25)14-8-6-5-7-9-14/h5-10,13H,1-4H3,(H,20,24)/t13-/m0/s1. The van der Waals surface area contributed by atoms with Crippen LogP contribution in [0.1, 0.15) is 28.9 Å². The number of carbonyl (C=O) groups excluding carboxylic acids is 2. The number of anilines is 1. The van der Waals surface area contributed by atoms with Crippen molar-refractivity contribution in [2.24, 2.45) is 7.05 Å². The molecule has 1 amide bonds. The Morgan fingerprint density at radius 2 is 1.89 bits per heavy atom. The van der Waals surface area contributed by atoms with Crippen LogP contribution in [0.2, 0.25) is 0 Å². The third-order valence-electron chi connectivity index (χ3n) is 4.29. The number of rotatable bonds is 5. The lowest BCUT2D eigenvalue weighted by Crippen LogP contribution is -2.32. The van der Waals surface area contributed by atoms with Crippen LogP contribution in [0.15, 0.2) is 45.7 Å². The highest BCUT2D eigenvalue weighted by Crippen LogP contribution is 2.15. The molecular formula is C19H20N4O5. The van der Waals surface area contributed by atoms with E-state index >= 15 is 0 Å². The fourth-order valence-corrected chi connectivity index (χ4v) is 2.67. The number of ether oxygens (including phenoxy) is 1. The lowest BCUT2D eigenvalue weighted by atomic mass is 10.3. The fourth-order valence-electron chi connectivity index (χ4n) is 2.67. The molecule has 3 rings (SSSR count). The molecule has 0 bridgehead atoms. The predicted molar refractivity (Wildman–Crippen MR) is 100 cm³/mol.